The van der Waals surface area contributed by atoms with E-state index in [1.165, 1.54) is 19.1 Å². The van der Waals surface area contributed by atoms with E-state index in [9.17, 15) is 9.90 Å². The maximum atomic E-state index is 11.1. The molecule has 0 aliphatic heterocycles. The number of Topliss-reactive ketones (excluding diaryl/α,β-unsaturated/α-hetero) is 1. The molecule has 0 saturated heterocycles. The van der Waals surface area contributed by atoms with Crippen LogP contribution in [0, 0.1) is 18.3 Å². The summed E-state index contributed by atoms with van der Waals surface area (Å²) >= 11 is 0. The highest BCUT2D eigenvalue weighted by Crippen LogP contribution is 2.23. The number of phenolic OH excluding ortho intramolecular Hbond substituents is 1. The van der Waals surface area contributed by atoms with Crippen LogP contribution in [0.1, 0.15) is 28.4 Å². The van der Waals surface area contributed by atoms with E-state index >= 15 is 0 Å². The van der Waals surface area contributed by atoms with Gasteiger partial charge in [-0.25, -0.2) is 0 Å². The van der Waals surface area contributed by atoms with Gasteiger partial charge in [-0.3, -0.25) is 4.79 Å². The van der Waals surface area contributed by atoms with Crippen LogP contribution in [0.4, 0.5) is 0 Å². The van der Waals surface area contributed by atoms with Gasteiger partial charge in [-0.15, -0.1) is 0 Å². The molecule has 0 atom stereocenters. The zero-order valence-electron chi connectivity index (χ0n) is 7.46. The topological polar surface area (TPSA) is 61.1 Å². The molecule has 0 bridgehead atoms. The molecule has 1 aromatic carbocycles. The summed E-state index contributed by atoms with van der Waals surface area (Å²) < 4.78 is 0. The monoisotopic (exact) mass is 175 g/mol. The predicted octanol–water partition coefficient (Wildman–Crippen LogP) is 1.77. The number of hydrogen-bond acceptors (Lipinski definition) is 3. The molecule has 0 fully saturated rings. The van der Waals surface area contributed by atoms with Crippen molar-refractivity contribution in [3.05, 3.63) is 28.8 Å². The molecule has 0 aliphatic carbocycles. The maximum absolute atomic E-state index is 11.1. The zero-order valence-corrected chi connectivity index (χ0v) is 7.46. The van der Waals surface area contributed by atoms with Crippen LogP contribution >= 0.6 is 0 Å². The summed E-state index contributed by atoms with van der Waals surface area (Å²) in [6.45, 7) is 3.01. The minimum Gasteiger partial charge on any atom is -0.507 e. The van der Waals surface area contributed by atoms with Crippen LogP contribution in [0.15, 0.2) is 12.1 Å². The highest BCUT2D eigenvalue weighted by Gasteiger charge is 2.12. The Kier molecular flexibility index (Phi) is 2.34. The molecule has 0 spiro atoms. The lowest BCUT2D eigenvalue weighted by atomic mass is 9.99. The van der Waals surface area contributed by atoms with Crippen LogP contribution in [0.5, 0.6) is 5.75 Å². The first-order valence-corrected chi connectivity index (χ1v) is 3.81. The Morgan fingerprint density at radius 1 is 1.54 bits per heavy atom. The van der Waals surface area contributed by atoms with Crippen molar-refractivity contribution < 1.29 is 9.90 Å². The van der Waals surface area contributed by atoms with E-state index in [0.717, 1.165) is 0 Å². The predicted molar refractivity (Wildman–Crippen MR) is 47.6 cm³/mol. The van der Waals surface area contributed by atoms with Gasteiger partial charge in [0.1, 0.15) is 5.75 Å². The van der Waals surface area contributed by atoms with E-state index in [1.54, 1.807) is 6.92 Å². The first-order valence-electron chi connectivity index (χ1n) is 3.81. The van der Waals surface area contributed by atoms with Crippen molar-refractivity contribution in [1.82, 2.24) is 0 Å². The van der Waals surface area contributed by atoms with Crippen LogP contribution in [0.25, 0.3) is 0 Å². The van der Waals surface area contributed by atoms with Gasteiger partial charge in [0.2, 0.25) is 0 Å². The number of hydrogen-bond donors (Lipinski definition) is 1. The Morgan fingerprint density at radius 3 is 2.62 bits per heavy atom. The third-order valence-electron chi connectivity index (χ3n) is 1.92. The normalized spacial score (nSPS) is 9.31. The summed E-state index contributed by atoms with van der Waals surface area (Å²) in [5.74, 6) is -0.295. The summed E-state index contributed by atoms with van der Waals surface area (Å²) in [6, 6.07) is 4.81. The van der Waals surface area contributed by atoms with Crippen molar-refractivity contribution >= 4 is 5.78 Å². The number of ketones is 1. The Balaban J connectivity index is 3.50. The SMILES string of the molecule is CC(=O)c1c(O)ccc(C#N)c1C. The molecule has 0 aliphatic rings. The molecule has 1 aromatic rings. The molecule has 3 heteroatoms. The summed E-state index contributed by atoms with van der Waals surface area (Å²) in [7, 11) is 0. The average molecular weight is 175 g/mol. The van der Waals surface area contributed by atoms with E-state index in [4.69, 9.17) is 5.26 Å². The summed E-state index contributed by atoms with van der Waals surface area (Å²) in [5, 5.41) is 18.0. The molecule has 0 radical (unpaired) electrons. The molecule has 13 heavy (non-hydrogen) atoms. The van der Waals surface area contributed by atoms with E-state index in [2.05, 4.69) is 0 Å². The molecule has 1 N–H and O–H groups in total. The van der Waals surface area contributed by atoms with E-state index < -0.39 is 0 Å². The fourth-order valence-corrected chi connectivity index (χ4v) is 1.26. The molecule has 0 aromatic heterocycles. The van der Waals surface area contributed by atoms with E-state index in [0.29, 0.717) is 11.1 Å². The lowest BCUT2D eigenvalue weighted by Gasteiger charge is -2.05. The molecule has 3 nitrogen and oxygen atoms in total. The number of rotatable bonds is 1. The van der Waals surface area contributed by atoms with Crippen molar-refractivity contribution in [1.29, 1.82) is 5.26 Å². The molecule has 66 valence electrons. The molecule has 0 unspecified atom stereocenters. The van der Waals surface area contributed by atoms with Gasteiger partial charge in [-0.1, -0.05) is 0 Å². The van der Waals surface area contributed by atoms with Crippen molar-refractivity contribution in [2.24, 2.45) is 0 Å². The quantitative estimate of drug-likeness (QED) is 0.661. The van der Waals surface area contributed by atoms with Gasteiger partial charge in [0.15, 0.2) is 5.78 Å². The van der Waals surface area contributed by atoms with E-state index in [-0.39, 0.29) is 17.1 Å². The number of nitriles is 1. The average Bonchev–Trinajstić information content (AvgIpc) is 2.04. The van der Waals surface area contributed by atoms with Crippen LogP contribution in [-0.2, 0) is 0 Å². The second kappa shape index (κ2) is 3.28. The Bertz CT molecular complexity index is 402. The molecule has 0 amide bonds. The lowest BCUT2D eigenvalue weighted by molar-refractivity contribution is 0.101. The van der Waals surface area contributed by atoms with Crippen molar-refractivity contribution in [3.8, 4) is 11.8 Å². The fourth-order valence-electron chi connectivity index (χ4n) is 1.26. The minimum atomic E-state index is -0.230. The van der Waals surface area contributed by atoms with Gasteiger partial charge in [-0.05, 0) is 31.5 Å². The lowest BCUT2D eigenvalue weighted by Crippen LogP contribution is -1.98. The number of carbonyl (C=O) groups is 1. The smallest absolute Gasteiger partial charge is 0.163 e. The number of benzene rings is 1. The van der Waals surface area contributed by atoms with Crippen molar-refractivity contribution in [2.75, 3.05) is 0 Å². The summed E-state index contributed by atoms with van der Waals surface area (Å²) in [4.78, 5) is 11.1. The van der Waals surface area contributed by atoms with Crippen molar-refractivity contribution in [2.45, 2.75) is 13.8 Å². The first-order chi connectivity index (χ1) is 6.07. The number of nitrogens with zero attached hydrogens (tertiary/aromatic N) is 1. The Morgan fingerprint density at radius 2 is 2.15 bits per heavy atom. The molecule has 0 saturated carbocycles. The van der Waals surface area contributed by atoms with Crippen molar-refractivity contribution in [3.63, 3.8) is 0 Å². The number of phenols is 1. The number of carbonyl (C=O) groups excluding carboxylic acids is 1. The third kappa shape index (κ3) is 1.52. The molecule has 1 rings (SSSR count). The first kappa shape index (κ1) is 9.27. The van der Waals surface area contributed by atoms with Crippen LogP contribution < -0.4 is 0 Å². The fraction of sp³-hybridized carbons (Fsp3) is 0.200. The number of aromatic hydroxyl groups is 1. The highest BCUT2D eigenvalue weighted by molar-refractivity contribution is 5.98. The molecular weight excluding hydrogens is 166 g/mol. The largest absolute Gasteiger partial charge is 0.507 e. The van der Waals surface area contributed by atoms with Gasteiger partial charge in [0.25, 0.3) is 0 Å². The zero-order chi connectivity index (χ0) is 10.0. The van der Waals surface area contributed by atoms with Gasteiger partial charge >= 0.3 is 0 Å². The molecular formula is C10H9NO2. The van der Waals surface area contributed by atoms with Crippen LogP contribution in [0.2, 0.25) is 0 Å². The Labute approximate surface area is 76.2 Å². The standard InChI is InChI=1S/C10H9NO2/c1-6-8(5-11)3-4-9(13)10(6)7(2)12/h3-4,13H,1-2H3. The van der Waals surface area contributed by atoms with Crippen LogP contribution in [0.3, 0.4) is 0 Å². The second-order valence-corrected chi connectivity index (χ2v) is 2.80. The summed E-state index contributed by atoms with van der Waals surface area (Å²) in [5.41, 5.74) is 1.19. The van der Waals surface area contributed by atoms with Gasteiger partial charge < -0.3 is 5.11 Å². The summed E-state index contributed by atoms with van der Waals surface area (Å²) in [6.07, 6.45) is 0. The van der Waals surface area contributed by atoms with E-state index in [1.807, 2.05) is 6.07 Å². The van der Waals surface area contributed by atoms with Gasteiger partial charge in [0.05, 0.1) is 17.2 Å². The third-order valence-corrected chi connectivity index (χ3v) is 1.92. The van der Waals surface area contributed by atoms with Crippen LogP contribution in [-0.4, -0.2) is 10.9 Å². The Hall–Kier alpha value is -1.82. The minimum absolute atomic E-state index is 0.0657. The maximum Gasteiger partial charge on any atom is 0.163 e. The van der Waals surface area contributed by atoms with Gasteiger partial charge in [0, 0.05) is 0 Å². The second-order valence-electron chi connectivity index (χ2n) is 2.80. The van der Waals surface area contributed by atoms with Gasteiger partial charge in [-0.2, -0.15) is 5.26 Å². The highest BCUT2D eigenvalue weighted by atomic mass is 16.3. The molecule has 0 heterocycles.